The van der Waals surface area contributed by atoms with Crippen molar-refractivity contribution in [3.63, 3.8) is 0 Å². The fourth-order valence-corrected chi connectivity index (χ4v) is 2.56. The number of rotatable bonds is 3. The van der Waals surface area contributed by atoms with Gasteiger partial charge in [-0.3, -0.25) is 0 Å². The van der Waals surface area contributed by atoms with E-state index < -0.39 is 0 Å². The summed E-state index contributed by atoms with van der Waals surface area (Å²) in [6, 6.07) is 7.95. The average Bonchev–Trinajstić information content (AvgIpc) is 2.91. The van der Waals surface area contributed by atoms with Crippen LogP contribution in [0.25, 0.3) is 0 Å². The lowest BCUT2D eigenvalue weighted by atomic mass is 10.1. The minimum Gasteiger partial charge on any atom is -0.338 e. The van der Waals surface area contributed by atoms with Crippen molar-refractivity contribution in [1.82, 2.24) is 15.5 Å². The molecule has 0 radical (unpaired) electrons. The molecule has 1 atom stereocenters. The molecule has 0 amide bonds. The zero-order chi connectivity index (χ0) is 13.1. The highest BCUT2D eigenvalue weighted by Crippen LogP contribution is 2.22. The first-order chi connectivity index (χ1) is 9.33. The average molecular weight is 278 g/mol. The summed E-state index contributed by atoms with van der Waals surface area (Å²) in [7, 11) is 0. The van der Waals surface area contributed by atoms with Crippen LogP contribution in [0.4, 0.5) is 0 Å². The molecule has 100 valence electrons. The largest absolute Gasteiger partial charge is 0.338 e. The predicted octanol–water partition coefficient (Wildman–Crippen LogP) is 3.13. The number of benzene rings is 1. The van der Waals surface area contributed by atoms with Gasteiger partial charge < -0.3 is 9.84 Å². The Bertz CT molecular complexity index is 549. The topological polar surface area (TPSA) is 51.0 Å². The van der Waals surface area contributed by atoms with Crippen molar-refractivity contribution in [3.8, 4) is 0 Å². The predicted molar refractivity (Wildman–Crippen MR) is 73.2 cm³/mol. The number of aromatic nitrogens is 2. The maximum atomic E-state index is 6.13. The van der Waals surface area contributed by atoms with Gasteiger partial charge in [-0.1, -0.05) is 41.4 Å². The van der Waals surface area contributed by atoms with Crippen molar-refractivity contribution in [3.05, 3.63) is 46.6 Å². The van der Waals surface area contributed by atoms with Gasteiger partial charge in [-0.15, -0.1) is 0 Å². The molecule has 0 saturated carbocycles. The fraction of sp³-hybridized carbons (Fsp3) is 0.429. The van der Waals surface area contributed by atoms with E-state index in [1.165, 1.54) is 12.8 Å². The number of piperidine rings is 1. The maximum absolute atomic E-state index is 6.13. The number of nitrogens with one attached hydrogen (secondary N) is 1. The van der Waals surface area contributed by atoms with Gasteiger partial charge in [0.2, 0.25) is 5.89 Å². The Morgan fingerprint density at radius 1 is 1.32 bits per heavy atom. The molecule has 1 aliphatic rings. The lowest BCUT2D eigenvalue weighted by molar-refractivity contribution is 0.296. The van der Waals surface area contributed by atoms with Gasteiger partial charge in [0.15, 0.2) is 5.82 Å². The first-order valence-electron chi connectivity index (χ1n) is 6.62. The van der Waals surface area contributed by atoms with Crippen LogP contribution in [0.5, 0.6) is 0 Å². The van der Waals surface area contributed by atoms with Crippen LogP contribution in [0.1, 0.15) is 42.6 Å². The maximum Gasteiger partial charge on any atom is 0.243 e. The second kappa shape index (κ2) is 5.72. The van der Waals surface area contributed by atoms with Crippen LogP contribution in [0.2, 0.25) is 5.02 Å². The Morgan fingerprint density at radius 3 is 3.00 bits per heavy atom. The van der Waals surface area contributed by atoms with Crippen LogP contribution in [0, 0.1) is 0 Å². The summed E-state index contributed by atoms with van der Waals surface area (Å²) in [5, 5.41) is 8.19. The molecule has 0 aliphatic carbocycles. The van der Waals surface area contributed by atoms with Crippen molar-refractivity contribution in [2.75, 3.05) is 6.54 Å². The molecule has 1 aromatic carbocycles. The SMILES string of the molecule is Clc1ccccc1Cc1noc([C@H]2CCCCN2)n1. The van der Waals surface area contributed by atoms with Crippen LogP contribution in [-0.2, 0) is 6.42 Å². The normalized spacial score (nSPS) is 19.5. The smallest absolute Gasteiger partial charge is 0.243 e. The monoisotopic (exact) mass is 277 g/mol. The van der Waals surface area contributed by atoms with E-state index in [0.717, 1.165) is 23.6 Å². The van der Waals surface area contributed by atoms with Gasteiger partial charge in [0.1, 0.15) is 0 Å². The molecule has 19 heavy (non-hydrogen) atoms. The zero-order valence-corrected chi connectivity index (χ0v) is 11.4. The first kappa shape index (κ1) is 12.6. The van der Waals surface area contributed by atoms with E-state index in [-0.39, 0.29) is 6.04 Å². The summed E-state index contributed by atoms with van der Waals surface area (Å²) in [4.78, 5) is 4.47. The molecule has 1 aromatic heterocycles. The number of halogens is 1. The van der Waals surface area contributed by atoms with E-state index in [9.17, 15) is 0 Å². The minimum atomic E-state index is 0.209. The van der Waals surface area contributed by atoms with E-state index in [1.54, 1.807) is 0 Å². The van der Waals surface area contributed by atoms with Crippen molar-refractivity contribution >= 4 is 11.6 Å². The summed E-state index contributed by atoms with van der Waals surface area (Å²) in [6.07, 6.45) is 4.10. The lowest BCUT2D eigenvalue weighted by Crippen LogP contribution is -2.27. The third-order valence-electron chi connectivity index (χ3n) is 3.40. The standard InChI is InChI=1S/C14H16ClN3O/c15-11-6-2-1-5-10(11)9-13-17-14(19-18-13)12-7-3-4-8-16-12/h1-2,5-6,12,16H,3-4,7-9H2/t12-/m1/s1. The molecule has 4 nitrogen and oxygen atoms in total. The third-order valence-corrected chi connectivity index (χ3v) is 3.77. The molecule has 1 aliphatic heterocycles. The number of hydrogen-bond donors (Lipinski definition) is 1. The Balaban J connectivity index is 1.73. The van der Waals surface area contributed by atoms with Gasteiger partial charge >= 0.3 is 0 Å². The molecule has 0 spiro atoms. The molecule has 0 bridgehead atoms. The molecule has 2 heterocycles. The molecule has 3 rings (SSSR count). The second-order valence-electron chi connectivity index (χ2n) is 4.82. The summed E-state index contributed by atoms with van der Waals surface area (Å²) in [6.45, 7) is 1.02. The number of hydrogen-bond acceptors (Lipinski definition) is 4. The van der Waals surface area contributed by atoms with Crippen molar-refractivity contribution in [1.29, 1.82) is 0 Å². The molecule has 5 heteroatoms. The molecule has 2 aromatic rings. The number of nitrogens with zero attached hydrogens (tertiary/aromatic N) is 2. The second-order valence-corrected chi connectivity index (χ2v) is 5.23. The van der Waals surface area contributed by atoms with Crippen LogP contribution < -0.4 is 5.32 Å². The van der Waals surface area contributed by atoms with E-state index in [2.05, 4.69) is 15.5 Å². The van der Waals surface area contributed by atoms with E-state index in [1.807, 2.05) is 24.3 Å². The first-order valence-corrected chi connectivity index (χ1v) is 7.00. The summed E-state index contributed by atoms with van der Waals surface area (Å²) >= 11 is 6.13. The van der Waals surface area contributed by atoms with Gasteiger partial charge in [-0.25, -0.2) is 0 Å². The van der Waals surface area contributed by atoms with Crippen LogP contribution >= 0.6 is 11.6 Å². The van der Waals surface area contributed by atoms with Gasteiger partial charge in [-0.2, -0.15) is 4.98 Å². The highest BCUT2D eigenvalue weighted by Gasteiger charge is 2.21. The molecule has 0 unspecified atom stereocenters. The van der Waals surface area contributed by atoms with Crippen LogP contribution in [-0.4, -0.2) is 16.7 Å². The quantitative estimate of drug-likeness (QED) is 0.936. The minimum absolute atomic E-state index is 0.209. The third kappa shape index (κ3) is 2.96. The Kier molecular flexibility index (Phi) is 3.80. The zero-order valence-electron chi connectivity index (χ0n) is 10.6. The summed E-state index contributed by atoms with van der Waals surface area (Å²) < 4.78 is 5.35. The highest BCUT2D eigenvalue weighted by molar-refractivity contribution is 6.31. The molecule has 1 N–H and O–H groups in total. The Hall–Kier alpha value is -1.39. The fourth-order valence-electron chi connectivity index (χ4n) is 2.36. The van der Waals surface area contributed by atoms with Gasteiger partial charge in [-0.05, 0) is 31.0 Å². The van der Waals surface area contributed by atoms with Crippen molar-refractivity contribution < 1.29 is 4.52 Å². The van der Waals surface area contributed by atoms with Crippen LogP contribution in [0.3, 0.4) is 0 Å². The summed E-state index contributed by atoms with van der Waals surface area (Å²) in [5.41, 5.74) is 1.02. The van der Waals surface area contributed by atoms with Crippen LogP contribution in [0.15, 0.2) is 28.8 Å². The van der Waals surface area contributed by atoms with Gasteiger partial charge in [0.25, 0.3) is 0 Å². The van der Waals surface area contributed by atoms with Gasteiger partial charge in [0.05, 0.1) is 6.04 Å². The Labute approximate surface area is 117 Å². The Morgan fingerprint density at radius 2 is 2.21 bits per heavy atom. The van der Waals surface area contributed by atoms with E-state index >= 15 is 0 Å². The molecule has 1 fully saturated rings. The van der Waals surface area contributed by atoms with Crippen molar-refractivity contribution in [2.45, 2.75) is 31.7 Å². The highest BCUT2D eigenvalue weighted by atomic mass is 35.5. The summed E-state index contributed by atoms with van der Waals surface area (Å²) in [5.74, 6) is 1.39. The van der Waals surface area contributed by atoms with Crippen molar-refractivity contribution in [2.24, 2.45) is 0 Å². The van der Waals surface area contributed by atoms with Gasteiger partial charge in [0, 0.05) is 11.4 Å². The van der Waals surface area contributed by atoms with E-state index in [4.69, 9.17) is 16.1 Å². The van der Waals surface area contributed by atoms with E-state index in [0.29, 0.717) is 18.1 Å². The lowest BCUT2D eigenvalue weighted by Gasteiger charge is -2.19. The molecule has 1 saturated heterocycles. The molecular weight excluding hydrogens is 262 g/mol. The molecular formula is C14H16ClN3O.